The van der Waals surface area contributed by atoms with Gasteiger partial charge in [-0.25, -0.2) is 0 Å². The van der Waals surface area contributed by atoms with Crippen molar-refractivity contribution in [3.8, 4) is 0 Å². The van der Waals surface area contributed by atoms with Gasteiger partial charge in [0.2, 0.25) is 0 Å². The molecule has 0 bridgehead atoms. The minimum absolute atomic E-state index is 0.194. The molecule has 0 aliphatic heterocycles. The first-order chi connectivity index (χ1) is 14.4. The van der Waals surface area contributed by atoms with Crippen molar-refractivity contribution in [2.24, 2.45) is 40.4 Å². The van der Waals surface area contributed by atoms with Gasteiger partial charge < -0.3 is 15.3 Å². The van der Waals surface area contributed by atoms with Gasteiger partial charge in [-0.2, -0.15) is 0 Å². The van der Waals surface area contributed by atoms with Crippen molar-refractivity contribution in [1.82, 2.24) is 0 Å². The molecule has 0 unspecified atom stereocenters. The average Bonchev–Trinajstić information content (AvgIpc) is 3.05. The number of allylic oxidation sites excluding steroid dienone is 4. The summed E-state index contributed by atoms with van der Waals surface area (Å²) in [4.78, 5) is 0. The van der Waals surface area contributed by atoms with E-state index in [2.05, 4.69) is 59.8 Å². The van der Waals surface area contributed by atoms with E-state index >= 15 is 0 Å². The molecule has 0 heterocycles. The van der Waals surface area contributed by atoms with E-state index in [1.54, 1.807) is 0 Å². The van der Waals surface area contributed by atoms with Crippen molar-refractivity contribution in [2.45, 2.75) is 97.9 Å². The Morgan fingerprint density at radius 2 is 1.74 bits per heavy atom. The van der Waals surface area contributed by atoms with E-state index in [0.717, 1.165) is 19.3 Å². The minimum Gasteiger partial charge on any atom is -0.393 e. The van der Waals surface area contributed by atoms with Crippen LogP contribution in [0.2, 0.25) is 0 Å². The van der Waals surface area contributed by atoms with E-state index in [1.165, 1.54) is 17.6 Å². The lowest BCUT2D eigenvalue weighted by atomic mass is 9.49. The highest BCUT2D eigenvalue weighted by Gasteiger charge is 2.62. The average molecular weight is 429 g/mol. The van der Waals surface area contributed by atoms with Crippen molar-refractivity contribution in [3.63, 3.8) is 0 Å². The van der Waals surface area contributed by atoms with Gasteiger partial charge >= 0.3 is 0 Å². The van der Waals surface area contributed by atoms with E-state index in [1.807, 2.05) is 6.08 Å². The second-order valence-electron chi connectivity index (χ2n) is 12.1. The quantitative estimate of drug-likeness (QED) is 0.524. The molecule has 4 aliphatic rings. The van der Waals surface area contributed by atoms with Crippen LogP contribution in [0.1, 0.15) is 80.1 Å². The fourth-order valence-electron chi connectivity index (χ4n) is 7.50. The van der Waals surface area contributed by atoms with Gasteiger partial charge in [-0.3, -0.25) is 0 Å². The van der Waals surface area contributed by atoms with Crippen LogP contribution < -0.4 is 0 Å². The first kappa shape index (κ1) is 23.3. The van der Waals surface area contributed by atoms with Crippen LogP contribution in [0.3, 0.4) is 0 Å². The summed E-state index contributed by atoms with van der Waals surface area (Å²) in [6, 6.07) is 0. The molecule has 2 fully saturated rings. The second kappa shape index (κ2) is 7.85. The molecule has 2 saturated carbocycles. The van der Waals surface area contributed by atoms with Crippen molar-refractivity contribution in [2.75, 3.05) is 0 Å². The molecular weight excluding hydrogens is 384 g/mol. The summed E-state index contributed by atoms with van der Waals surface area (Å²) in [7, 11) is 0. The summed E-state index contributed by atoms with van der Waals surface area (Å²) >= 11 is 0. The van der Waals surface area contributed by atoms with Gasteiger partial charge in [0, 0.05) is 11.8 Å². The van der Waals surface area contributed by atoms with Gasteiger partial charge in [-0.1, -0.05) is 59.8 Å². The van der Waals surface area contributed by atoms with E-state index in [-0.39, 0.29) is 11.8 Å². The molecule has 3 heteroatoms. The fraction of sp³-hybridized carbons (Fsp3) is 0.786. The maximum absolute atomic E-state index is 11.5. The Morgan fingerprint density at radius 3 is 2.42 bits per heavy atom. The van der Waals surface area contributed by atoms with Gasteiger partial charge in [-0.05, 0) is 84.3 Å². The Kier molecular flexibility index (Phi) is 5.89. The molecule has 174 valence electrons. The number of aliphatic hydroxyl groups excluding tert-OH is 2. The largest absolute Gasteiger partial charge is 0.393 e. The highest BCUT2D eigenvalue weighted by Crippen LogP contribution is 2.65. The highest BCUT2D eigenvalue weighted by molar-refractivity contribution is 5.50. The summed E-state index contributed by atoms with van der Waals surface area (Å²) in [5, 5.41) is 32.9. The summed E-state index contributed by atoms with van der Waals surface area (Å²) in [6.07, 6.45) is 12.9. The summed E-state index contributed by atoms with van der Waals surface area (Å²) in [5.74, 6) is 2.88. The van der Waals surface area contributed by atoms with Crippen LogP contribution in [0.25, 0.3) is 0 Å². The third-order valence-electron chi connectivity index (χ3n) is 10.1. The lowest BCUT2D eigenvalue weighted by Crippen LogP contribution is -2.62. The monoisotopic (exact) mass is 428 g/mol. The maximum Gasteiger partial charge on any atom is 0.106 e. The first-order valence-electron chi connectivity index (χ1n) is 12.6. The second-order valence-corrected chi connectivity index (χ2v) is 12.1. The molecule has 4 rings (SSSR count). The van der Waals surface area contributed by atoms with Gasteiger partial charge in [0.25, 0.3) is 0 Å². The molecule has 0 radical (unpaired) electrons. The van der Waals surface area contributed by atoms with Crippen molar-refractivity contribution >= 4 is 0 Å². The number of aliphatic hydroxyl groups is 3. The van der Waals surface area contributed by atoms with Crippen LogP contribution in [-0.2, 0) is 0 Å². The van der Waals surface area contributed by atoms with Crippen molar-refractivity contribution in [3.05, 3.63) is 35.5 Å². The molecule has 0 aromatic rings. The Morgan fingerprint density at radius 1 is 1.03 bits per heavy atom. The molecular formula is C28H44O3. The molecule has 0 saturated heterocycles. The third-order valence-corrected chi connectivity index (χ3v) is 10.1. The predicted octanol–water partition coefficient (Wildman–Crippen LogP) is 5.42. The van der Waals surface area contributed by atoms with Crippen LogP contribution in [0.15, 0.2) is 35.5 Å². The lowest BCUT2D eigenvalue weighted by Gasteiger charge is -2.58. The van der Waals surface area contributed by atoms with E-state index in [4.69, 9.17) is 0 Å². The Hall–Kier alpha value is -0.900. The highest BCUT2D eigenvalue weighted by atomic mass is 16.3. The van der Waals surface area contributed by atoms with Gasteiger partial charge in [0.15, 0.2) is 0 Å². The number of hydrogen-bond acceptors (Lipinski definition) is 3. The lowest BCUT2D eigenvalue weighted by molar-refractivity contribution is -0.173. The van der Waals surface area contributed by atoms with Crippen molar-refractivity contribution < 1.29 is 15.3 Å². The van der Waals surface area contributed by atoms with Gasteiger partial charge in [0.05, 0.1) is 6.10 Å². The minimum atomic E-state index is -1.27. The van der Waals surface area contributed by atoms with Crippen LogP contribution in [-0.4, -0.2) is 33.1 Å². The fourth-order valence-corrected chi connectivity index (χ4v) is 7.50. The molecule has 3 nitrogen and oxygen atoms in total. The Balaban J connectivity index is 1.65. The molecule has 9 atom stereocenters. The standard InChI is InChI=1S/C28H44O3/c1-17(2)18(3)7-8-19(4)22-9-10-23-21-15-25(30)28(31)16-20(29)11-14-27(28,6)24(21)12-13-26(22,23)5/h7-8,12,15,17-20,22-23,25,29-31H,9-11,13-14,16H2,1-6H3/b8-7+/t18-,19+,20-,22+,23-,25-,26+,27+,28-/m0/s1. The zero-order chi connectivity index (χ0) is 22.8. The predicted molar refractivity (Wildman–Crippen MR) is 126 cm³/mol. The smallest absolute Gasteiger partial charge is 0.106 e. The Bertz CT molecular complexity index is 794. The van der Waals surface area contributed by atoms with Crippen LogP contribution in [0, 0.1) is 40.4 Å². The molecule has 0 spiro atoms. The molecule has 0 aromatic heterocycles. The summed E-state index contributed by atoms with van der Waals surface area (Å²) in [5.41, 5.74) is 0.994. The molecule has 31 heavy (non-hydrogen) atoms. The van der Waals surface area contributed by atoms with Gasteiger partial charge in [0.1, 0.15) is 11.7 Å². The molecule has 0 amide bonds. The summed E-state index contributed by atoms with van der Waals surface area (Å²) in [6.45, 7) is 13.8. The van der Waals surface area contributed by atoms with Crippen LogP contribution in [0.4, 0.5) is 0 Å². The first-order valence-corrected chi connectivity index (χ1v) is 12.6. The van der Waals surface area contributed by atoms with E-state index in [0.29, 0.717) is 36.0 Å². The molecule has 3 N–H and O–H groups in total. The van der Waals surface area contributed by atoms with E-state index < -0.39 is 23.2 Å². The molecule has 4 aliphatic carbocycles. The zero-order valence-corrected chi connectivity index (χ0v) is 20.4. The topological polar surface area (TPSA) is 60.7 Å². The Labute approximate surface area is 189 Å². The SMILES string of the molecule is CC(C)[C@@H](C)/C=C/[C@@H](C)[C@H]1CC[C@H]2C3=C[C@H](O)[C@@]4(O)C[C@@H](O)CC[C@]4(C)C3=CC[C@]12C. The van der Waals surface area contributed by atoms with Crippen molar-refractivity contribution in [1.29, 1.82) is 0 Å². The van der Waals surface area contributed by atoms with Crippen LogP contribution >= 0.6 is 0 Å². The maximum atomic E-state index is 11.5. The summed E-state index contributed by atoms with van der Waals surface area (Å²) < 4.78 is 0. The van der Waals surface area contributed by atoms with E-state index in [9.17, 15) is 15.3 Å². The zero-order valence-electron chi connectivity index (χ0n) is 20.4. The normalized spacial score (nSPS) is 46.8. The number of rotatable bonds is 4. The number of fused-ring (bicyclic) bond motifs is 5. The third kappa shape index (κ3) is 3.42. The van der Waals surface area contributed by atoms with Crippen LogP contribution in [0.5, 0.6) is 0 Å². The molecule has 0 aromatic carbocycles. The number of hydrogen-bond donors (Lipinski definition) is 3. The van der Waals surface area contributed by atoms with Gasteiger partial charge in [-0.15, -0.1) is 0 Å².